The Bertz CT molecular complexity index is 545. The van der Waals surface area contributed by atoms with E-state index in [0.717, 1.165) is 19.4 Å². The number of sulfone groups is 1. The van der Waals surface area contributed by atoms with Gasteiger partial charge in [0.15, 0.2) is 9.84 Å². The van der Waals surface area contributed by atoms with Crippen LogP contribution in [0.4, 0.5) is 0 Å². The quantitative estimate of drug-likeness (QED) is 0.922. The van der Waals surface area contributed by atoms with Gasteiger partial charge in [-0.25, -0.2) is 8.42 Å². The molecule has 4 nitrogen and oxygen atoms in total. The van der Waals surface area contributed by atoms with E-state index >= 15 is 0 Å². The molecular formula is C14H21ClN2O2S. The maximum absolute atomic E-state index is 12.3. The predicted octanol–water partition coefficient (Wildman–Crippen LogP) is 1.93. The van der Waals surface area contributed by atoms with Crippen molar-refractivity contribution in [3.05, 3.63) is 29.3 Å². The first-order valence-electron chi connectivity index (χ1n) is 6.86. The fraction of sp³-hybridized carbons (Fsp3) is 0.571. The minimum absolute atomic E-state index is 0.133. The molecule has 0 spiro atoms. The number of piperidine rings is 1. The Labute approximate surface area is 125 Å². The van der Waals surface area contributed by atoms with Gasteiger partial charge < -0.3 is 5.73 Å². The molecule has 0 radical (unpaired) electrons. The highest BCUT2D eigenvalue weighted by Gasteiger charge is 2.24. The van der Waals surface area contributed by atoms with Gasteiger partial charge in [0.25, 0.3) is 0 Å². The number of rotatable bonds is 4. The Balaban J connectivity index is 1.97. The van der Waals surface area contributed by atoms with E-state index in [4.69, 9.17) is 17.3 Å². The van der Waals surface area contributed by atoms with Crippen LogP contribution in [0, 0.1) is 0 Å². The lowest BCUT2D eigenvalue weighted by Gasteiger charge is -2.36. The van der Waals surface area contributed by atoms with Crippen LogP contribution >= 0.6 is 11.6 Å². The van der Waals surface area contributed by atoms with Gasteiger partial charge in [-0.3, -0.25) is 4.90 Å². The average molecular weight is 317 g/mol. The van der Waals surface area contributed by atoms with Crippen molar-refractivity contribution < 1.29 is 8.42 Å². The Morgan fingerprint density at radius 1 is 1.35 bits per heavy atom. The highest BCUT2D eigenvalue weighted by atomic mass is 35.5. The first-order chi connectivity index (χ1) is 9.38. The summed E-state index contributed by atoms with van der Waals surface area (Å²) in [6.07, 6.45) is 1.87. The number of likely N-dealkylation sites (tertiary alicyclic amines) is 1. The lowest BCUT2D eigenvalue weighted by Crippen LogP contribution is -2.47. The number of nitrogens with two attached hydrogens (primary N) is 1. The summed E-state index contributed by atoms with van der Waals surface area (Å²) in [7, 11) is -3.24. The lowest BCUT2D eigenvalue weighted by molar-refractivity contribution is 0.156. The molecule has 0 aliphatic carbocycles. The summed E-state index contributed by atoms with van der Waals surface area (Å²) in [5.74, 6) is 0.133. The van der Waals surface area contributed by atoms with Crippen molar-refractivity contribution in [1.82, 2.24) is 4.90 Å². The molecule has 2 N–H and O–H groups in total. The zero-order valence-electron chi connectivity index (χ0n) is 11.6. The van der Waals surface area contributed by atoms with Crippen LogP contribution in [0.2, 0.25) is 5.02 Å². The zero-order valence-corrected chi connectivity index (χ0v) is 13.2. The first-order valence-corrected chi connectivity index (χ1v) is 8.89. The van der Waals surface area contributed by atoms with Gasteiger partial charge in [-0.15, -0.1) is 0 Å². The second kappa shape index (κ2) is 6.43. The summed E-state index contributed by atoms with van der Waals surface area (Å²) in [6, 6.07) is 6.93. The van der Waals surface area contributed by atoms with Gasteiger partial charge in [-0.2, -0.15) is 0 Å². The second-order valence-electron chi connectivity index (χ2n) is 5.44. The molecule has 0 aromatic heterocycles. The third-order valence-corrected chi connectivity index (χ3v) is 5.84. The molecule has 1 aliphatic heterocycles. The van der Waals surface area contributed by atoms with Gasteiger partial charge in [0.1, 0.15) is 0 Å². The Hall–Kier alpha value is -0.620. The van der Waals surface area contributed by atoms with Crippen LogP contribution in [-0.4, -0.2) is 44.2 Å². The summed E-state index contributed by atoms with van der Waals surface area (Å²) in [5.41, 5.74) is 5.92. The van der Waals surface area contributed by atoms with Crippen molar-refractivity contribution in [2.75, 3.05) is 18.8 Å². The molecule has 0 bridgehead atoms. The summed E-state index contributed by atoms with van der Waals surface area (Å²) >= 11 is 5.78. The van der Waals surface area contributed by atoms with Crippen molar-refractivity contribution in [3.63, 3.8) is 0 Å². The molecule has 0 amide bonds. The second-order valence-corrected chi connectivity index (χ2v) is 7.99. The summed E-state index contributed by atoms with van der Waals surface area (Å²) in [4.78, 5) is 2.54. The topological polar surface area (TPSA) is 63.4 Å². The lowest BCUT2D eigenvalue weighted by atomic mass is 9.99. The highest BCUT2D eigenvalue weighted by molar-refractivity contribution is 7.91. The average Bonchev–Trinajstić information content (AvgIpc) is 2.38. The first kappa shape index (κ1) is 15.8. The Morgan fingerprint density at radius 2 is 2.00 bits per heavy atom. The normalized spacial score (nSPS) is 24.8. The van der Waals surface area contributed by atoms with E-state index < -0.39 is 9.84 Å². The molecule has 1 aliphatic rings. The number of hydrogen-bond acceptors (Lipinski definition) is 4. The van der Waals surface area contributed by atoms with E-state index in [1.54, 1.807) is 24.3 Å². The molecule has 2 unspecified atom stereocenters. The molecule has 6 heteroatoms. The van der Waals surface area contributed by atoms with Crippen LogP contribution in [0.25, 0.3) is 0 Å². The fourth-order valence-corrected chi connectivity index (χ4v) is 3.97. The molecule has 1 fully saturated rings. The molecule has 1 aromatic rings. The van der Waals surface area contributed by atoms with E-state index in [-0.39, 0.29) is 11.8 Å². The molecule has 0 saturated carbocycles. The minimum atomic E-state index is -3.24. The van der Waals surface area contributed by atoms with Gasteiger partial charge >= 0.3 is 0 Å². The molecule has 2 atom stereocenters. The van der Waals surface area contributed by atoms with E-state index in [2.05, 4.69) is 11.8 Å². The van der Waals surface area contributed by atoms with E-state index in [0.29, 0.717) is 22.5 Å². The molecule has 112 valence electrons. The van der Waals surface area contributed by atoms with Crippen molar-refractivity contribution in [3.8, 4) is 0 Å². The number of halogens is 1. The maximum Gasteiger partial charge on any atom is 0.179 e. The fourth-order valence-electron chi connectivity index (χ4n) is 2.59. The smallest absolute Gasteiger partial charge is 0.179 e. The standard InChI is InChI=1S/C14H21ClN2O2S/c1-11-10-13(16)6-7-17(11)8-9-20(18,19)14-4-2-12(15)3-5-14/h2-5,11,13H,6-10,16H2,1H3. The van der Waals surface area contributed by atoms with E-state index in [1.807, 2.05) is 0 Å². The van der Waals surface area contributed by atoms with Crippen LogP contribution < -0.4 is 5.73 Å². The third-order valence-electron chi connectivity index (χ3n) is 3.87. The van der Waals surface area contributed by atoms with Crippen LogP contribution in [0.3, 0.4) is 0 Å². The van der Waals surface area contributed by atoms with E-state index in [1.165, 1.54) is 0 Å². The number of benzene rings is 1. The highest BCUT2D eigenvalue weighted by Crippen LogP contribution is 2.18. The SMILES string of the molecule is CC1CC(N)CCN1CCS(=O)(=O)c1ccc(Cl)cc1. The zero-order chi connectivity index (χ0) is 14.8. The third kappa shape index (κ3) is 3.95. The predicted molar refractivity (Wildman–Crippen MR) is 81.7 cm³/mol. The van der Waals surface area contributed by atoms with Crippen molar-refractivity contribution in [2.45, 2.75) is 36.7 Å². The Morgan fingerprint density at radius 3 is 2.60 bits per heavy atom. The van der Waals surface area contributed by atoms with Gasteiger partial charge in [-0.1, -0.05) is 11.6 Å². The van der Waals surface area contributed by atoms with Crippen molar-refractivity contribution >= 4 is 21.4 Å². The van der Waals surface area contributed by atoms with E-state index in [9.17, 15) is 8.42 Å². The summed E-state index contributed by atoms with van der Waals surface area (Å²) in [5, 5.41) is 0.544. The summed E-state index contributed by atoms with van der Waals surface area (Å²) < 4.78 is 24.5. The molecule has 2 rings (SSSR count). The van der Waals surface area contributed by atoms with Gasteiger partial charge in [0.2, 0.25) is 0 Å². The molecular weight excluding hydrogens is 296 g/mol. The number of nitrogens with zero attached hydrogens (tertiary/aromatic N) is 1. The maximum atomic E-state index is 12.3. The molecule has 1 heterocycles. The van der Waals surface area contributed by atoms with Crippen LogP contribution in [0.15, 0.2) is 29.2 Å². The number of hydrogen-bond donors (Lipinski definition) is 1. The van der Waals surface area contributed by atoms with Crippen molar-refractivity contribution in [2.24, 2.45) is 5.73 Å². The van der Waals surface area contributed by atoms with Crippen LogP contribution in [-0.2, 0) is 9.84 Å². The van der Waals surface area contributed by atoms with Gasteiger partial charge in [-0.05, 0) is 50.6 Å². The van der Waals surface area contributed by atoms with Crippen molar-refractivity contribution in [1.29, 1.82) is 0 Å². The van der Waals surface area contributed by atoms with Crippen LogP contribution in [0.5, 0.6) is 0 Å². The minimum Gasteiger partial charge on any atom is -0.328 e. The molecule has 20 heavy (non-hydrogen) atoms. The molecule has 1 aromatic carbocycles. The van der Waals surface area contributed by atoms with Gasteiger partial charge in [0.05, 0.1) is 10.6 Å². The largest absolute Gasteiger partial charge is 0.328 e. The summed E-state index contributed by atoms with van der Waals surface area (Å²) in [6.45, 7) is 3.53. The monoisotopic (exact) mass is 316 g/mol. The van der Waals surface area contributed by atoms with Crippen LogP contribution in [0.1, 0.15) is 19.8 Å². The molecule has 1 saturated heterocycles. The Kier molecular flexibility index (Phi) is 5.07. The van der Waals surface area contributed by atoms with Gasteiger partial charge in [0, 0.05) is 23.7 Å².